The Bertz CT molecular complexity index is 1240. The molecule has 0 spiro atoms. The van der Waals surface area contributed by atoms with E-state index in [0.717, 1.165) is 17.9 Å². The van der Waals surface area contributed by atoms with E-state index in [9.17, 15) is 4.79 Å². The fourth-order valence-electron chi connectivity index (χ4n) is 4.89. The molecule has 0 radical (unpaired) electrons. The van der Waals surface area contributed by atoms with Crippen LogP contribution in [0, 0.1) is 0 Å². The molecule has 0 amide bonds. The van der Waals surface area contributed by atoms with E-state index < -0.39 is 5.97 Å². The average molecular weight is 572 g/mol. The molecule has 0 saturated carbocycles. The molecule has 214 valence electrons. The smallest absolute Gasteiger partial charge is 0.303 e. The minimum absolute atomic E-state index is 0.0639. The lowest BCUT2D eigenvalue weighted by atomic mass is 9.84. The fourth-order valence-corrected chi connectivity index (χ4v) is 6.35. The second-order valence-electron chi connectivity index (χ2n) is 9.46. The topological polar surface area (TPSA) is 77.0 Å². The molecule has 4 aromatic carbocycles. The molecule has 0 aliphatic carbocycles. The van der Waals surface area contributed by atoms with Gasteiger partial charge in [0.05, 0.1) is 31.1 Å². The second-order valence-corrected chi connectivity index (χ2v) is 10.8. The predicted molar refractivity (Wildman–Crippen MR) is 165 cm³/mol. The molecule has 0 unspecified atom stereocenters. The van der Waals surface area contributed by atoms with Crippen molar-refractivity contribution in [1.29, 1.82) is 0 Å². The first-order valence-corrected chi connectivity index (χ1v) is 14.7. The van der Waals surface area contributed by atoms with Crippen molar-refractivity contribution < 1.29 is 24.1 Å². The maximum atomic E-state index is 10.8. The van der Waals surface area contributed by atoms with Gasteiger partial charge in [-0.05, 0) is 23.1 Å². The molecule has 0 bridgehead atoms. The van der Waals surface area contributed by atoms with Crippen molar-refractivity contribution in [2.45, 2.75) is 24.1 Å². The van der Waals surface area contributed by atoms with Crippen molar-refractivity contribution in [2.24, 2.45) is 0 Å². The Morgan fingerprint density at radius 3 is 1.73 bits per heavy atom. The minimum atomic E-state index is -0.836. The van der Waals surface area contributed by atoms with Gasteiger partial charge in [-0.2, -0.15) is 0 Å². The van der Waals surface area contributed by atoms with Gasteiger partial charge in [-0.25, -0.2) is 0 Å². The Kier molecular flexibility index (Phi) is 11.1. The molecule has 0 fully saturated rings. The highest BCUT2D eigenvalue weighted by Gasteiger charge is 2.36. The normalized spacial score (nSPS) is 11.2. The van der Waals surface area contributed by atoms with Crippen molar-refractivity contribution in [3.05, 3.63) is 125 Å². The van der Waals surface area contributed by atoms with E-state index in [1.807, 2.05) is 23.9 Å². The Balaban J connectivity index is 1.49. The summed E-state index contributed by atoms with van der Waals surface area (Å²) in [6.45, 7) is 1.62. The Morgan fingerprint density at radius 2 is 1.29 bits per heavy atom. The Labute approximate surface area is 246 Å². The lowest BCUT2D eigenvalue weighted by molar-refractivity contribution is -0.137. The predicted octanol–water partition coefficient (Wildman–Crippen LogP) is 6.76. The number of aliphatic carboxylic acids is 1. The molecule has 41 heavy (non-hydrogen) atoms. The van der Waals surface area contributed by atoms with E-state index in [4.69, 9.17) is 19.3 Å². The molecule has 0 saturated heterocycles. The molecule has 4 rings (SSSR count). The fraction of sp³-hybridized carbons (Fsp3) is 0.265. The van der Waals surface area contributed by atoms with Gasteiger partial charge in [-0.3, -0.25) is 4.79 Å². The van der Waals surface area contributed by atoms with Crippen molar-refractivity contribution in [3.8, 4) is 17.2 Å². The van der Waals surface area contributed by atoms with E-state index in [1.165, 1.54) is 16.7 Å². The second kappa shape index (κ2) is 15.2. The van der Waals surface area contributed by atoms with Gasteiger partial charge in [0.15, 0.2) is 0 Å². The maximum absolute atomic E-state index is 10.8. The quantitative estimate of drug-likeness (QED) is 0.114. The van der Waals surface area contributed by atoms with Crippen LogP contribution in [-0.2, 0) is 16.1 Å². The van der Waals surface area contributed by atoms with Gasteiger partial charge < -0.3 is 24.6 Å². The van der Waals surface area contributed by atoms with Crippen LogP contribution in [0.25, 0.3) is 0 Å². The summed E-state index contributed by atoms with van der Waals surface area (Å²) < 4.78 is 16.7. The first-order valence-electron chi connectivity index (χ1n) is 13.7. The zero-order valence-corrected chi connectivity index (χ0v) is 24.4. The summed E-state index contributed by atoms with van der Waals surface area (Å²) in [6, 6.07) is 35.7. The van der Waals surface area contributed by atoms with E-state index in [2.05, 4.69) is 96.3 Å². The van der Waals surface area contributed by atoms with Crippen molar-refractivity contribution in [3.63, 3.8) is 0 Å². The molecule has 7 heteroatoms. The molecule has 0 aliphatic heterocycles. The first kappa shape index (κ1) is 30.0. The van der Waals surface area contributed by atoms with Gasteiger partial charge in [-0.15, -0.1) is 11.8 Å². The zero-order valence-electron chi connectivity index (χ0n) is 23.5. The van der Waals surface area contributed by atoms with Crippen LogP contribution in [0.1, 0.15) is 35.1 Å². The van der Waals surface area contributed by atoms with Crippen molar-refractivity contribution in [1.82, 2.24) is 5.32 Å². The van der Waals surface area contributed by atoms with Crippen LogP contribution >= 0.6 is 11.8 Å². The number of nitrogens with one attached hydrogen (secondary N) is 1. The van der Waals surface area contributed by atoms with Gasteiger partial charge in [0, 0.05) is 37.4 Å². The lowest BCUT2D eigenvalue weighted by Gasteiger charge is -2.35. The number of carbonyl (C=O) groups is 1. The van der Waals surface area contributed by atoms with E-state index >= 15 is 0 Å². The van der Waals surface area contributed by atoms with Crippen LogP contribution in [0.3, 0.4) is 0 Å². The molecular weight excluding hydrogens is 534 g/mol. The number of carboxylic acids is 1. The number of benzene rings is 4. The van der Waals surface area contributed by atoms with Gasteiger partial charge in [0.2, 0.25) is 0 Å². The Morgan fingerprint density at radius 1 is 0.805 bits per heavy atom. The van der Waals surface area contributed by atoms with Crippen molar-refractivity contribution in [2.75, 3.05) is 33.1 Å². The summed E-state index contributed by atoms with van der Waals surface area (Å²) in [5.41, 5.74) is 4.62. The lowest BCUT2D eigenvalue weighted by Crippen LogP contribution is -2.28. The van der Waals surface area contributed by atoms with Gasteiger partial charge >= 0.3 is 5.97 Å². The van der Waals surface area contributed by atoms with E-state index in [-0.39, 0.29) is 11.2 Å². The van der Waals surface area contributed by atoms with Crippen LogP contribution < -0.4 is 19.5 Å². The van der Waals surface area contributed by atoms with Gasteiger partial charge in [0.1, 0.15) is 17.2 Å². The number of rotatable bonds is 16. The molecule has 0 atom stereocenters. The van der Waals surface area contributed by atoms with Crippen LogP contribution in [-0.4, -0.2) is 44.2 Å². The largest absolute Gasteiger partial charge is 0.496 e. The third-order valence-electron chi connectivity index (χ3n) is 6.83. The molecular formula is C34H37NO5S. The molecule has 4 aromatic rings. The summed E-state index contributed by atoms with van der Waals surface area (Å²) in [5.74, 6) is 1.92. The molecule has 0 aromatic heterocycles. The molecule has 2 N–H and O–H groups in total. The molecule has 0 heterocycles. The van der Waals surface area contributed by atoms with E-state index in [0.29, 0.717) is 36.8 Å². The monoisotopic (exact) mass is 571 g/mol. The summed E-state index contributed by atoms with van der Waals surface area (Å²) in [4.78, 5) is 10.8. The summed E-state index contributed by atoms with van der Waals surface area (Å²) in [5, 5.41) is 12.4. The number of carboxylic acid groups (broad SMARTS) is 1. The van der Waals surface area contributed by atoms with E-state index in [1.54, 1.807) is 14.2 Å². The Hall–Kier alpha value is -3.94. The van der Waals surface area contributed by atoms with Gasteiger partial charge in [0.25, 0.3) is 0 Å². The third kappa shape index (κ3) is 7.63. The number of ether oxygens (including phenoxy) is 3. The van der Waals surface area contributed by atoms with Crippen LogP contribution in [0.15, 0.2) is 103 Å². The number of thioether (sulfide) groups is 1. The van der Waals surface area contributed by atoms with Crippen molar-refractivity contribution >= 4 is 17.7 Å². The minimum Gasteiger partial charge on any atom is -0.496 e. The molecule has 6 nitrogen and oxygen atoms in total. The third-order valence-corrected chi connectivity index (χ3v) is 8.37. The number of hydrogen-bond donors (Lipinski definition) is 2. The SMILES string of the molecule is COc1cc(OCCCC(=O)O)cc(OC)c1CNCCSC(c1ccccc1)(c1ccccc1)c1ccccc1. The highest BCUT2D eigenvalue weighted by Crippen LogP contribution is 2.48. The summed E-state index contributed by atoms with van der Waals surface area (Å²) >= 11 is 1.91. The standard InChI is InChI=1S/C34H37NO5S/c1-38-31-23-29(40-21-12-19-33(36)37)24-32(39-2)30(31)25-35-20-22-41-34(26-13-6-3-7-14-26,27-15-8-4-9-16-27)28-17-10-5-11-18-28/h3-11,13-18,23-24,35H,12,19-22,25H2,1-2H3,(H,36,37). The highest BCUT2D eigenvalue weighted by molar-refractivity contribution is 8.00. The summed E-state index contributed by atoms with van der Waals surface area (Å²) in [7, 11) is 3.24. The van der Waals surface area contributed by atoms with Crippen LogP contribution in [0.5, 0.6) is 17.2 Å². The maximum Gasteiger partial charge on any atom is 0.303 e. The summed E-state index contributed by atoms with van der Waals surface area (Å²) in [6.07, 6.45) is 0.492. The highest BCUT2D eigenvalue weighted by atomic mass is 32.2. The van der Waals surface area contributed by atoms with Crippen LogP contribution in [0.4, 0.5) is 0 Å². The number of hydrogen-bond acceptors (Lipinski definition) is 6. The number of methoxy groups -OCH3 is 2. The molecule has 0 aliphatic rings. The average Bonchev–Trinajstić information content (AvgIpc) is 3.02. The van der Waals surface area contributed by atoms with Gasteiger partial charge in [-0.1, -0.05) is 91.0 Å². The first-order chi connectivity index (χ1) is 20.1. The zero-order chi connectivity index (χ0) is 28.9. The van der Waals surface area contributed by atoms with Crippen LogP contribution in [0.2, 0.25) is 0 Å².